The summed E-state index contributed by atoms with van der Waals surface area (Å²) in [6.45, 7) is 4.34. The molecule has 124 valence electrons. The summed E-state index contributed by atoms with van der Waals surface area (Å²) in [5, 5.41) is 10.1. The van der Waals surface area contributed by atoms with Gasteiger partial charge in [0.15, 0.2) is 5.82 Å². The number of nitrogens with zero attached hydrogens (tertiary/aromatic N) is 4. The molecular weight excluding hydrogens is 308 g/mol. The number of cyclic esters (lactones) is 1. The molecule has 0 saturated carbocycles. The second-order valence-corrected chi connectivity index (χ2v) is 6.08. The average molecular weight is 326 g/mol. The molecule has 1 aromatic heterocycles. The van der Waals surface area contributed by atoms with E-state index in [0.29, 0.717) is 37.6 Å². The van der Waals surface area contributed by atoms with Crippen molar-refractivity contribution in [2.75, 3.05) is 31.1 Å². The van der Waals surface area contributed by atoms with Gasteiger partial charge in [0.1, 0.15) is 18.2 Å². The van der Waals surface area contributed by atoms with Crippen LogP contribution < -0.4 is 4.90 Å². The number of aromatic hydroxyl groups is 1. The van der Waals surface area contributed by atoms with E-state index in [9.17, 15) is 9.90 Å². The van der Waals surface area contributed by atoms with Crippen LogP contribution in [0.3, 0.4) is 0 Å². The summed E-state index contributed by atoms with van der Waals surface area (Å²) in [5.74, 6) is 1.47. The van der Waals surface area contributed by atoms with E-state index < -0.39 is 0 Å². The Morgan fingerprint density at radius 3 is 2.92 bits per heavy atom. The Morgan fingerprint density at radius 2 is 2.08 bits per heavy atom. The monoisotopic (exact) mass is 326 g/mol. The quantitative estimate of drug-likeness (QED) is 0.906. The van der Waals surface area contributed by atoms with Gasteiger partial charge in [-0.2, -0.15) is 0 Å². The van der Waals surface area contributed by atoms with Gasteiger partial charge in [-0.3, -0.25) is 4.90 Å². The van der Waals surface area contributed by atoms with Crippen LogP contribution in [0.15, 0.2) is 30.3 Å². The molecule has 3 heterocycles. The number of phenolic OH excluding ortho intramolecular Hbond substituents is 1. The zero-order valence-electron chi connectivity index (χ0n) is 13.3. The third kappa shape index (κ3) is 2.51. The van der Waals surface area contributed by atoms with Crippen molar-refractivity contribution in [2.45, 2.75) is 13.0 Å². The molecule has 1 atom stereocenters. The van der Waals surface area contributed by atoms with Gasteiger partial charge in [0.25, 0.3) is 0 Å². The predicted octanol–water partition coefficient (Wildman–Crippen LogP) is 1.80. The lowest BCUT2D eigenvalue weighted by molar-refractivity contribution is 0.157. The number of amides is 1. The number of hydrogen-bond acceptors (Lipinski definition) is 6. The van der Waals surface area contributed by atoms with E-state index in [1.807, 2.05) is 19.1 Å². The van der Waals surface area contributed by atoms with Crippen LogP contribution in [0.25, 0.3) is 11.4 Å². The Hall–Kier alpha value is -2.83. The molecule has 2 aliphatic heterocycles. The first-order valence-electron chi connectivity index (χ1n) is 7.94. The third-order valence-electron chi connectivity index (χ3n) is 4.43. The first-order valence-corrected chi connectivity index (χ1v) is 7.94. The van der Waals surface area contributed by atoms with Crippen LogP contribution in [0.1, 0.15) is 5.69 Å². The van der Waals surface area contributed by atoms with Crippen molar-refractivity contribution >= 4 is 11.9 Å². The normalized spacial score (nSPS) is 20.0. The molecule has 7 heteroatoms. The van der Waals surface area contributed by atoms with Gasteiger partial charge in [-0.15, -0.1) is 0 Å². The minimum atomic E-state index is -0.228. The predicted molar refractivity (Wildman–Crippen MR) is 87.9 cm³/mol. The van der Waals surface area contributed by atoms with E-state index in [1.54, 1.807) is 23.1 Å². The maximum absolute atomic E-state index is 11.6. The lowest BCUT2D eigenvalue weighted by Gasteiger charge is -2.36. The number of hydrogen-bond donors (Lipinski definition) is 1. The highest BCUT2D eigenvalue weighted by atomic mass is 16.6. The SMILES string of the molecule is Cc1cc(N2CCN3C(=O)OCC3C2)nc(-c2ccccc2O)n1. The van der Waals surface area contributed by atoms with Crippen molar-refractivity contribution in [3.63, 3.8) is 0 Å². The van der Waals surface area contributed by atoms with Crippen LogP contribution in [-0.2, 0) is 4.74 Å². The van der Waals surface area contributed by atoms with Crippen LogP contribution >= 0.6 is 0 Å². The van der Waals surface area contributed by atoms with Gasteiger partial charge in [-0.1, -0.05) is 12.1 Å². The molecule has 4 rings (SSSR count). The van der Waals surface area contributed by atoms with Gasteiger partial charge in [0, 0.05) is 31.4 Å². The van der Waals surface area contributed by atoms with Crippen molar-refractivity contribution in [1.29, 1.82) is 0 Å². The maximum atomic E-state index is 11.6. The standard InChI is InChI=1S/C17H18N4O3/c1-11-8-15(19-16(18-11)13-4-2-3-5-14(13)22)20-6-7-21-12(9-20)10-24-17(21)23/h2-5,8,12,22H,6-7,9-10H2,1H3. The van der Waals surface area contributed by atoms with Crippen LogP contribution in [0.5, 0.6) is 5.75 Å². The number of ether oxygens (including phenoxy) is 1. The largest absolute Gasteiger partial charge is 0.507 e. The third-order valence-corrected chi connectivity index (χ3v) is 4.43. The zero-order valence-corrected chi connectivity index (χ0v) is 13.3. The van der Waals surface area contributed by atoms with Crippen molar-refractivity contribution < 1.29 is 14.6 Å². The molecule has 2 saturated heterocycles. The number of anilines is 1. The fraction of sp³-hybridized carbons (Fsp3) is 0.353. The first kappa shape index (κ1) is 14.7. The number of piperazine rings is 1. The molecule has 0 spiro atoms. The van der Waals surface area contributed by atoms with Crippen molar-refractivity contribution in [1.82, 2.24) is 14.9 Å². The molecule has 0 bridgehead atoms. The number of aromatic nitrogens is 2. The molecular formula is C17H18N4O3. The number of carbonyl (C=O) groups is 1. The first-order chi connectivity index (χ1) is 11.6. The maximum Gasteiger partial charge on any atom is 0.410 e. The summed E-state index contributed by atoms with van der Waals surface area (Å²) in [4.78, 5) is 24.6. The summed E-state index contributed by atoms with van der Waals surface area (Å²) in [6, 6.07) is 9.04. The van der Waals surface area contributed by atoms with E-state index in [0.717, 1.165) is 11.5 Å². The van der Waals surface area contributed by atoms with Crippen LogP contribution in [0.4, 0.5) is 10.6 Å². The Morgan fingerprint density at radius 1 is 1.25 bits per heavy atom. The molecule has 1 unspecified atom stereocenters. The van der Waals surface area contributed by atoms with E-state index >= 15 is 0 Å². The fourth-order valence-corrected chi connectivity index (χ4v) is 3.19. The molecule has 1 amide bonds. The molecule has 1 aromatic carbocycles. The number of rotatable bonds is 2. The molecule has 0 radical (unpaired) electrons. The number of phenols is 1. The minimum Gasteiger partial charge on any atom is -0.507 e. The van der Waals surface area contributed by atoms with Gasteiger partial charge in [0.05, 0.1) is 11.6 Å². The zero-order chi connectivity index (χ0) is 16.7. The molecule has 7 nitrogen and oxygen atoms in total. The van der Waals surface area contributed by atoms with Crippen LogP contribution in [-0.4, -0.2) is 58.4 Å². The second kappa shape index (κ2) is 5.67. The Balaban J connectivity index is 1.65. The lowest BCUT2D eigenvalue weighted by atomic mass is 10.1. The average Bonchev–Trinajstić information content (AvgIpc) is 2.95. The van der Waals surface area contributed by atoms with Crippen LogP contribution in [0.2, 0.25) is 0 Å². The van der Waals surface area contributed by atoms with Gasteiger partial charge >= 0.3 is 6.09 Å². The van der Waals surface area contributed by atoms with E-state index in [4.69, 9.17) is 4.74 Å². The second-order valence-electron chi connectivity index (χ2n) is 6.08. The van der Waals surface area contributed by atoms with Crippen molar-refractivity contribution in [3.8, 4) is 17.1 Å². The van der Waals surface area contributed by atoms with Gasteiger partial charge in [-0.05, 0) is 19.1 Å². The number of para-hydroxylation sites is 1. The Kier molecular flexibility index (Phi) is 3.48. The highest BCUT2D eigenvalue weighted by Gasteiger charge is 2.37. The highest BCUT2D eigenvalue weighted by molar-refractivity contribution is 5.71. The van der Waals surface area contributed by atoms with E-state index in [1.165, 1.54) is 0 Å². The Bertz CT molecular complexity index is 795. The topological polar surface area (TPSA) is 78.8 Å². The molecule has 2 aromatic rings. The van der Waals surface area contributed by atoms with Crippen LogP contribution in [0, 0.1) is 6.92 Å². The van der Waals surface area contributed by atoms with Crippen molar-refractivity contribution in [2.24, 2.45) is 0 Å². The summed E-state index contributed by atoms with van der Waals surface area (Å²) in [6.07, 6.45) is -0.228. The molecule has 2 aliphatic rings. The molecule has 1 N–H and O–H groups in total. The molecule has 2 fully saturated rings. The minimum absolute atomic E-state index is 0.0649. The van der Waals surface area contributed by atoms with Gasteiger partial charge in [-0.25, -0.2) is 14.8 Å². The summed E-state index contributed by atoms with van der Waals surface area (Å²) < 4.78 is 5.11. The van der Waals surface area contributed by atoms with E-state index in [-0.39, 0.29) is 17.9 Å². The molecule has 0 aliphatic carbocycles. The van der Waals surface area contributed by atoms with Crippen molar-refractivity contribution in [3.05, 3.63) is 36.0 Å². The number of fused-ring (bicyclic) bond motifs is 1. The fourth-order valence-electron chi connectivity index (χ4n) is 3.19. The highest BCUT2D eigenvalue weighted by Crippen LogP contribution is 2.29. The van der Waals surface area contributed by atoms with Gasteiger partial charge < -0.3 is 14.7 Å². The summed E-state index contributed by atoms with van der Waals surface area (Å²) >= 11 is 0. The number of benzene rings is 1. The van der Waals surface area contributed by atoms with E-state index in [2.05, 4.69) is 14.9 Å². The number of aryl methyl sites for hydroxylation is 1. The smallest absolute Gasteiger partial charge is 0.410 e. The lowest BCUT2D eigenvalue weighted by Crippen LogP contribution is -2.52. The van der Waals surface area contributed by atoms with Gasteiger partial charge in [0.2, 0.25) is 0 Å². The Labute approximate surface area is 139 Å². The molecule has 24 heavy (non-hydrogen) atoms. The summed E-state index contributed by atoms with van der Waals surface area (Å²) in [5.41, 5.74) is 1.44. The number of carbonyl (C=O) groups excluding carboxylic acids is 1. The summed E-state index contributed by atoms with van der Waals surface area (Å²) in [7, 11) is 0.